The number of nitrogens with zero attached hydrogens (tertiary/aromatic N) is 1. The Labute approximate surface area is 104 Å². The first-order valence-corrected chi connectivity index (χ1v) is 6.72. The number of rotatable bonds is 2. The maximum absolute atomic E-state index is 10.5. The third-order valence-corrected chi connectivity index (χ3v) is 3.55. The van der Waals surface area contributed by atoms with Gasteiger partial charge in [0.15, 0.2) is 0 Å². The number of hydrogen-bond acceptors (Lipinski definition) is 5. The van der Waals surface area contributed by atoms with Crippen molar-refractivity contribution in [3.8, 4) is 5.88 Å². The van der Waals surface area contributed by atoms with Crippen LogP contribution in [0.1, 0.15) is 18.0 Å². The number of thioether (sulfide) groups is 1. The Morgan fingerprint density at radius 1 is 1.62 bits per heavy atom. The zero-order valence-electron chi connectivity index (χ0n) is 8.25. The van der Waals surface area contributed by atoms with Gasteiger partial charge in [-0.05, 0) is 12.5 Å². The molecule has 2 atom stereocenters. The van der Waals surface area contributed by atoms with E-state index in [1.165, 1.54) is 0 Å². The van der Waals surface area contributed by atoms with Crippen molar-refractivity contribution in [3.05, 3.63) is 17.7 Å². The van der Waals surface area contributed by atoms with E-state index < -0.39 is 8.25 Å². The number of aromatic nitrogens is 1. The molecule has 0 spiro atoms. The zero-order valence-corrected chi connectivity index (χ0v) is 10.9. The topological polar surface area (TPSA) is 85.4 Å². The van der Waals surface area contributed by atoms with Crippen LogP contribution in [0.4, 0.5) is 0 Å². The summed E-state index contributed by atoms with van der Waals surface area (Å²) in [7, 11) is -2.98. The van der Waals surface area contributed by atoms with Crippen LogP contribution < -0.4 is 10.3 Å². The van der Waals surface area contributed by atoms with Crippen LogP contribution in [0.3, 0.4) is 0 Å². The third-order valence-electron chi connectivity index (χ3n) is 2.12. The summed E-state index contributed by atoms with van der Waals surface area (Å²) in [6.45, 7) is 0. The Kier molecular flexibility index (Phi) is 5.08. The first-order valence-electron chi connectivity index (χ1n) is 4.47. The van der Waals surface area contributed by atoms with Crippen LogP contribution in [0.25, 0.3) is 0 Å². The van der Waals surface area contributed by atoms with Gasteiger partial charge in [-0.3, -0.25) is 0 Å². The highest BCUT2D eigenvalue weighted by Gasteiger charge is 2.19. The van der Waals surface area contributed by atoms with Crippen molar-refractivity contribution in [2.45, 2.75) is 17.5 Å². The molecule has 90 valence electrons. The van der Waals surface area contributed by atoms with Gasteiger partial charge in [0.2, 0.25) is 5.88 Å². The molecule has 16 heavy (non-hydrogen) atoms. The highest BCUT2D eigenvalue weighted by Crippen LogP contribution is 2.35. The largest absolute Gasteiger partial charge is 0.408 e. The van der Waals surface area contributed by atoms with Gasteiger partial charge in [0.1, 0.15) is 5.03 Å². The number of pyridine rings is 1. The summed E-state index contributed by atoms with van der Waals surface area (Å²) >= 11 is 1.59. The summed E-state index contributed by atoms with van der Waals surface area (Å²) in [4.78, 5) is 12.7. The molecule has 0 aliphatic carbocycles. The Balaban J connectivity index is 0.00000128. The smallest absolute Gasteiger partial charge is 0.366 e. The first kappa shape index (κ1) is 13.8. The second kappa shape index (κ2) is 5.89. The second-order valence-corrected chi connectivity index (χ2v) is 4.98. The molecule has 0 bridgehead atoms. The van der Waals surface area contributed by atoms with Gasteiger partial charge in [0.05, 0.1) is 0 Å². The normalized spacial score (nSPS) is 20.5. The molecule has 1 aliphatic heterocycles. The lowest BCUT2D eigenvalue weighted by atomic mass is 10.1. The van der Waals surface area contributed by atoms with Gasteiger partial charge in [-0.1, -0.05) is 0 Å². The Morgan fingerprint density at radius 3 is 3.06 bits per heavy atom. The van der Waals surface area contributed by atoms with Crippen LogP contribution in [-0.4, -0.2) is 15.6 Å². The minimum Gasteiger partial charge on any atom is -0.408 e. The van der Waals surface area contributed by atoms with Crippen LogP contribution in [0, 0.1) is 0 Å². The van der Waals surface area contributed by atoms with Crippen molar-refractivity contribution in [3.63, 3.8) is 0 Å². The van der Waals surface area contributed by atoms with Crippen molar-refractivity contribution in [2.75, 3.05) is 5.75 Å². The number of hydrogen-bond donors (Lipinski definition) is 2. The SMILES string of the molecule is Cl.NC1CCSc2nc(O[PH](=O)O)ccc21. The number of nitrogens with two attached hydrogens (primary N) is 1. The molecule has 5 nitrogen and oxygen atoms in total. The van der Waals surface area contributed by atoms with Crippen LogP contribution in [0.15, 0.2) is 17.2 Å². The molecule has 1 aromatic heterocycles. The first-order chi connectivity index (χ1) is 7.16. The lowest BCUT2D eigenvalue weighted by Gasteiger charge is -2.20. The molecule has 0 saturated heterocycles. The maximum Gasteiger partial charge on any atom is 0.366 e. The van der Waals surface area contributed by atoms with E-state index in [4.69, 9.17) is 10.6 Å². The van der Waals surface area contributed by atoms with Gasteiger partial charge in [-0.2, -0.15) is 0 Å². The van der Waals surface area contributed by atoms with Crippen LogP contribution in [0.2, 0.25) is 0 Å². The van der Waals surface area contributed by atoms with E-state index in [2.05, 4.69) is 9.51 Å². The molecule has 2 heterocycles. The molecule has 0 saturated carbocycles. The molecule has 1 aromatic rings. The summed E-state index contributed by atoms with van der Waals surface area (Å²) in [5, 5.41) is 0.800. The molecule has 0 amide bonds. The fourth-order valence-corrected chi connectivity index (χ4v) is 2.81. The van der Waals surface area contributed by atoms with E-state index in [0.717, 1.165) is 22.8 Å². The minimum atomic E-state index is -2.98. The van der Waals surface area contributed by atoms with E-state index in [1.54, 1.807) is 23.9 Å². The van der Waals surface area contributed by atoms with Gasteiger partial charge in [0, 0.05) is 23.4 Å². The summed E-state index contributed by atoms with van der Waals surface area (Å²) in [6.07, 6.45) is 0.927. The average molecular weight is 283 g/mol. The molecule has 3 N–H and O–H groups in total. The summed E-state index contributed by atoms with van der Waals surface area (Å²) in [5.41, 5.74) is 6.88. The summed E-state index contributed by atoms with van der Waals surface area (Å²) < 4.78 is 15.1. The fourth-order valence-electron chi connectivity index (χ4n) is 1.42. The molecule has 0 fully saturated rings. The zero-order chi connectivity index (χ0) is 10.8. The quantitative estimate of drug-likeness (QED) is 0.804. The Hall–Kier alpha value is -0.260. The highest BCUT2D eigenvalue weighted by molar-refractivity contribution is 7.99. The second-order valence-electron chi connectivity index (χ2n) is 3.16. The van der Waals surface area contributed by atoms with Crippen molar-refractivity contribution in [1.29, 1.82) is 0 Å². The molecular weight excluding hydrogens is 271 g/mol. The highest BCUT2D eigenvalue weighted by atomic mass is 35.5. The summed E-state index contributed by atoms with van der Waals surface area (Å²) in [6, 6.07) is 3.39. The van der Waals surface area contributed by atoms with Crippen molar-refractivity contribution in [1.82, 2.24) is 4.98 Å². The molecular formula is C8H12ClN2O3PS. The lowest BCUT2D eigenvalue weighted by molar-refractivity contribution is 0.402. The van der Waals surface area contributed by atoms with E-state index in [9.17, 15) is 4.57 Å². The van der Waals surface area contributed by atoms with E-state index in [-0.39, 0.29) is 24.3 Å². The maximum atomic E-state index is 10.5. The molecule has 2 unspecified atom stereocenters. The van der Waals surface area contributed by atoms with E-state index in [1.807, 2.05) is 0 Å². The van der Waals surface area contributed by atoms with Crippen molar-refractivity contribution in [2.24, 2.45) is 5.73 Å². The average Bonchev–Trinajstić information content (AvgIpc) is 2.17. The lowest BCUT2D eigenvalue weighted by Crippen LogP contribution is -2.16. The number of fused-ring (bicyclic) bond motifs is 1. The Morgan fingerprint density at radius 2 is 2.38 bits per heavy atom. The monoisotopic (exact) mass is 282 g/mol. The van der Waals surface area contributed by atoms with Crippen LogP contribution in [0.5, 0.6) is 5.88 Å². The van der Waals surface area contributed by atoms with Crippen LogP contribution >= 0.6 is 32.4 Å². The molecule has 8 heteroatoms. The van der Waals surface area contributed by atoms with Gasteiger partial charge >= 0.3 is 8.25 Å². The molecule has 0 radical (unpaired) electrons. The van der Waals surface area contributed by atoms with Gasteiger partial charge in [-0.15, -0.1) is 24.2 Å². The third kappa shape index (κ3) is 3.12. The van der Waals surface area contributed by atoms with Crippen LogP contribution in [-0.2, 0) is 4.57 Å². The predicted octanol–water partition coefficient (Wildman–Crippen LogP) is 1.76. The standard InChI is InChI=1S/C8H11N2O3PS.ClH/c9-6-3-4-15-8-5(6)1-2-7(10-8)13-14(11)12;/h1-2,6,14H,3-4,9H2,(H,11,12);1H. The molecule has 0 aromatic carbocycles. The number of halogens is 1. The van der Waals surface area contributed by atoms with Gasteiger partial charge in [-0.25, -0.2) is 9.55 Å². The van der Waals surface area contributed by atoms with Gasteiger partial charge < -0.3 is 15.2 Å². The van der Waals surface area contributed by atoms with E-state index >= 15 is 0 Å². The van der Waals surface area contributed by atoms with Crippen molar-refractivity contribution >= 4 is 32.4 Å². The molecule has 1 aliphatic rings. The Bertz CT molecular complexity index is 407. The van der Waals surface area contributed by atoms with E-state index in [0.29, 0.717) is 0 Å². The van der Waals surface area contributed by atoms with Gasteiger partial charge in [0.25, 0.3) is 0 Å². The predicted molar refractivity (Wildman–Crippen MR) is 65.6 cm³/mol. The summed E-state index contributed by atoms with van der Waals surface area (Å²) in [5.74, 6) is 1.10. The molecule has 2 rings (SSSR count). The minimum absolute atomic E-state index is 0. The van der Waals surface area contributed by atoms with Crippen molar-refractivity contribution < 1.29 is 14.0 Å². The fraction of sp³-hybridized carbons (Fsp3) is 0.375.